The largest absolute Gasteiger partial charge is 0.490 e. The number of hydrogen-bond donors (Lipinski definition) is 2. The van der Waals surface area contributed by atoms with Crippen molar-refractivity contribution in [1.29, 1.82) is 0 Å². The number of nitrogens with one attached hydrogen (secondary N) is 2. The summed E-state index contributed by atoms with van der Waals surface area (Å²) in [5.41, 5.74) is 1.41. The van der Waals surface area contributed by atoms with Crippen LogP contribution in [0.5, 0.6) is 5.75 Å². The molecule has 1 aliphatic carbocycles. The van der Waals surface area contributed by atoms with E-state index in [9.17, 15) is 9.59 Å². The standard InChI is InChI=1S/C13H16O2.C10H14N2O/c14-10-11-6-8-13(9-7-11)15-12-4-2-1-3-5-12;1-11-7-8-12-10(13)9-5-3-2-4-6-9/h6-10,12H,1-5H2;2-6,11H,7-8H2,1H3,(H,12,13). The summed E-state index contributed by atoms with van der Waals surface area (Å²) in [7, 11) is 1.86. The van der Waals surface area contributed by atoms with Crippen molar-refractivity contribution in [2.45, 2.75) is 38.2 Å². The normalized spacial score (nSPS) is 13.8. The van der Waals surface area contributed by atoms with Crippen LogP contribution in [-0.2, 0) is 0 Å². The van der Waals surface area contributed by atoms with Gasteiger partial charge in [0.15, 0.2) is 0 Å². The third-order valence-electron chi connectivity index (χ3n) is 4.57. The Morgan fingerprint density at radius 1 is 1.00 bits per heavy atom. The molecule has 0 unspecified atom stereocenters. The van der Waals surface area contributed by atoms with Crippen LogP contribution in [0.2, 0.25) is 0 Å². The van der Waals surface area contributed by atoms with E-state index in [-0.39, 0.29) is 5.91 Å². The number of amides is 1. The molecule has 0 aromatic heterocycles. The first-order chi connectivity index (χ1) is 13.7. The second-order valence-corrected chi connectivity index (χ2v) is 6.79. The number of benzene rings is 2. The summed E-state index contributed by atoms with van der Waals surface area (Å²) < 4.78 is 5.84. The second kappa shape index (κ2) is 12.7. The van der Waals surface area contributed by atoms with E-state index in [1.165, 1.54) is 19.3 Å². The Balaban J connectivity index is 0.000000203. The van der Waals surface area contributed by atoms with E-state index in [4.69, 9.17) is 4.74 Å². The van der Waals surface area contributed by atoms with E-state index in [1.54, 1.807) is 24.3 Å². The van der Waals surface area contributed by atoms with Crippen molar-refractivity contribution in [3.8, 4) is 5.75 Å². The highest BCUT2D eigenvalue weighted by Gasteiger charge is 2.14. The van der Waals surface area contributed by atoms with Crippen LogP contribution in [-0.4, -0.2) is 38.4 Å². The summed E-state index contributed by atoms with van der Waals surface area (Å²) in [6, 6.07) is 16.5. The van der Waals surface area contributed by atoms with Crippen molar-refractivity contribution in [3.63, 3.8) is 0 Å². The number of aldehydes is 1. The van der Waals surface area contributed by atoms with Gasteiger partial charge in [-0.05, 0) is 69.1 Å². The van der Waals surface area contributed by atoms with Gasteiger partial charge in [-0.2, -0.15) is 0 Å². The Morgan fingerprint density at radius 2 is 1.68 bits per heavy atom. The van der Waals surface area contributed by atoms with E-state index in [0.717, 1.165) is 31.4 Å². The lowest BCUT2D eigenvalue weighted by atomic mass is 9.98. The van der Waals surface area contributed by atoms with Crippen molar-refractivity contribution in [2.75, 3.05) is 20.1 Å². The van der Waals surface area contributed by atoms with Crippen LogP contribution in [0.1, 0.15) is 52.8 Å². The van der Waals surface area contributed by atoms with E-state index in [1.807, 2.05) is 37.4 Å². The maximum absolute atomic E-state index is 11.4. The number of ether oxygens (including phenoxy) is 1. The molecule has 0 radical (unpaired) electrons. The highest BCUT2D eigenvalue weighted by molar-refractivity contribution is 5.94. The fourth-order valence-electron chi connectivity index (χ4n) is 2.99. The third kappa shape index (κ3) is 7.92. The molecule has 2 aromatic carbocycles. The van der Waals surface area contributed by atoms with Crippen LogP contribution in [0.25, 0.3) is 0 Å². The zero-order valence-corrected chi connectivity index (χ0v) is 16.5. The maximum atomic E-state index is 11.4. The molecule has 0 heterocycles. The predicted octanol–water partition coefficient (Wildman–Crippen LogP) is 3.85. The van der Waals surface area contributed by atoms with Crippen molar-refractivity contribution in [2.24, 2.45) is 0 Å². The first-order valence-corrected chi connectivity index (χ1v) is 9.92. The van der Waals surface area contributed by atoms with E-state index in [0.29, 0.717) is 23.8 Å². The van der Waals surface area contributed by atoms with Gasteiger partial charge < -0.3 is 15.4 Å². The van der Waals surface area contributed by atoms with Crippen molar-refractivity contribution in [1.82, 2.24) is 10.6 Å². The number of rotatable bonds is 7. The van der Waals surface area contributed by atoms with Gasteiger partial charge in [-0.25, -0.2) is 0 Å². The Bertz CT molecular complexity index is 696. The van der Waals surface area contributed by atoms with Crippen LogP contribution in [0.4, 0.5) is 0 Å². The third-order valence-corrected chi connectivity index (χ3v) is 4.57. The Hall–Kier alpha value is -2.66. The minimum Gasteiger partial charge on any atom is -0.490 e. The summed E-state index contributed by atoms with van der Waals surface area (Å²) >= 11 is 0. The summed E-state index contributed by atoms with van der Waals surface area (Å²) in [5, 5.41) is 5.76. The molecule has 5 heteroatoms. The fourth-order valence-corrected chi connectivity index (χ4v) is 2.99. The van der Waals surface area contributed by atoms with Crippen LogP contribution < -0.4 is 15.4 Å². The molecule has 150 valence electrons. The summed E-state index contributed by atoms with van der Waals surface area (Å²) in [6.45, 7) is 1.45. The molecule has 1 aliphatic rings. The van der Waals surface area contributed by atoms with Gasteiger partial charge in [0.05, 0.1) is 6.10 Å². The summed E-state index contributed by atoms with van der Waals surface area (Å²) in [5.74, 6) is 0.864. The van der Waals surface area contributed by atoms with Crippen molar-refractivity contribution >= 4 is 12.2 Å². The minimum absolute atomic E-state index is 0.0177. The van der Waals surface area contributed by atoms with Gasteiger partial charge in [0.2, 0.25) is 0 Å². The quantitative estimate of drug-likeness (QED) is 0.564. The molecule has 0 atom stereocenters. The van der Waals surface area contributed by atoms with E-state index in [2.05, 4.69) is 10.6 Å². The molecule has 28 heavy (non-hydrogen) atoms. The molecule has 0 aliphatic heterocycles. The average molecular weight is 383 g/mol. The monoisotopic (exact) mass is 382 g/mol. The molecule has 1 fully saturated rings. The first-order valence-electron chi connectivity index (χ1n) is 9.92. The number of carbonyl (C=O) groups excluding carboxylic acids is 2. The lowest BCUT2D eigenvalue weighted by Gasteiger charge is -2.22. The lowest BCUT2D eigenvalue weighted by molar-refractivity contribution is 0.0953. The molecule has 5 nitrogen and oxygen atoms in total. The number of likely N-dealkylation sites (N-methyl/N-ethyl adjacent to an activating group) is 1. The zero-order valence-electron chi connectivity index (χ0n) is 16.5. The molecule has 2 aromatic rings. The maximum Gasteiger partial charge on any atom is 0.251 e. The van der Waals surface area contributed by atoms with Gasteiger partial charge in [-0.3, -0.25) is 9.59 Å². The van der Waals surface area contributed by atoms with Crippen LogP contribution in [0, 0.1) is 0 Å². The molecule has 3 rings (SSSR count). The molecule has 2 N–H and O–H groups in total. The number of carbonyl (C=O) groups is 2. The van der Waals surface area contributed by atoms with E-state index < -0.39 is 0 Å². The van der Waals surface area contributed by atoms with Crippen LogP contribution in [0.3, 0.4) is 0 Å². The van der Waals surface area contributed by atoms with Gasteiger partial charge in [-0.1, -0.05) is 24.6 Å². The van der Waals surface area contributed by atoms with Crippen LogP contribution in [0.15, 0.2) is 54.6 Å². The highest BCUT2D eigenvalue weighted by atomic mass is 16.5. The fraction of sp³-hybridized carbons (Fsp3) is 0.391. The highest BCUT2D eigenvalue weighted by Crippen LogP contribution is 2.23. The predicted molar refractivity (Wildman–Crippen MR) is 112 cm³/mol. The molecule has 1 saturated carbocycles. The number of hydrogen-bond acceptors (Lipinski definition) is 4. The van der Waals surface area contributed by atoms with Gasteiger partial charge in [-0.15, -0.1) is 0 Å². The smallest absolute Gasteiger partial charge is 0.251 e. The minimum atomic E-state index is -0.0177. The molecule has 0 saturated heterocycles. The molecular weight excluding hydrogens is 352 g/mol. The zero-order chi connectivity index (χ0) is 20.0. The van der Waals surface area contributed by atoms with Gasteiger partial charge >= 0.3 is 0 Å². The summed E-state index contributed by atoms with van der Waals surface area (Å²) in [4.78, 5) is 21.8. The Kier molecular flexibility index (Phi) is 9.80. The topological polar surface area (TPSA) is 67.4 Å². The Morgan fingerprint density at radius 3 is 2.29 bits per heavy atom. The van der Waals surface area contributed by atoms with Crippen molar-refractivity contribution < 1.29 is 14.3 Å². The average Bonchev–Trinajstić information content (AvgIpc) is 2.76. The van der Waals surface area contributed by atoms with Crippen LogP contribution >= 0.6 is 0 Å². The molecule has 1 amide bonds. The lowest BCUT2D eigenvalue weighted by Crippen LogP contribution is -2.30. The van der Waals surface area contributed by atoms with Gasteiger partial charge in [0.25, 0.3) is 5.91 Å². The summed E-state index contributed by atoms with van der Waals surface area (Å²) in [6.07, 6.45) is 7.44. The van der Waals surface area contributed by atoms with Crippen molar-refractivity contribution in [3.05, 3.63) is 65.7 Å². The Labute approximate surface area is 167 Å². The molecular formula is C23H30N2O3. The van der Waals surface area contributed by atoms with Gasteiger partial charge in [0.1, 0.15) is 12.0 Å². The molecule has 0 bridgehead atoms. The second-order valence-electron chi connectivity index (χ2n) is 6.79. The SMILES string of the molecule is CNCCNC(=O)c1ccccc1.O=Cc1ccc(OC2CCCCC2)cc1. The first kappa shape index (κ1) is 21.6. The van der Waals surface area contributed by atoms with E-state index >= 15 is 0 Å². The van der Waals surface area contributed by atoms with Gasteiger partial charge in [0, 0.05) is 24.2 Å². The molecule has 0 spiro atoms.